The van der Waals surface area contributed by atoms with Crippen molar-refractivity contribution < 1.29 is 80.2 Å². The Labute approximate surface area is 588 Å². The molecule has 96 heavy (non-hydrogen) atoms. The van der Waals surface area contributed by atoms with Crippen molar-refractivity contribution in [1.29, 1.82) is 0 Å². The molecule has 0 aliphatic rings. The number of unbranched alkanes of at least 4 members (excludes halogenated alkanes) is 38. The van der Waals surface area contributed by atoms with E-state index >= 15 is 0 Å². The minimum absolute atomic E-state index is 0.104. The predicted octanol–water partition coefficient (Wildman–Crippen LogP) is 22.4. The van der Waals surface area contributed by atoms with Crippen molar-refractivity contribution in [3.63, 3.8) is 0 Å². The molecule has 0 heterocycles. The van der Waals surface area contributed by atoms with Gasteiger partial charge in [-0.3, -0.25) is 37.3 Å². The first-order valence-electron chi connectivity index (χ1n) is 39.8. The van der Waals surface area contributed by atoms with Gasteiger partial charge < -0.3 is 33.8 Å². The molecule has 0 fully saturated rings. The monoisotopic (exact) mass is 1410 g/mol. The second-order valence-corrected chi connectivity index (χ2v) is 32.1. The van der Waals surface area contributed by atoms with Crippen molar-refractivity contribution in [2.24, 2.45) is 23.7 Å². The number of carbonyl (C=O) groups is 4. The smallest absolute Gasteiger partial charge is 0.462 e. The van der Waals surface area contributed by atoms with E-state index in [9.17, 15) is 43.2 Å². The number of carbonyl (C=O) groups excluding carboxylic acids is 4. The second-order valence-electron chi connectivity index (χ2n) is 29.2. The quantitative estimate of drug-likeness (QED) is 0.0222. The van der Waals surface area contributed by atoms with E-state index in [-0.39, 0.29) is 25.7 Å². The molecule has 5 unspecified atom stereocenters. The molecule has 7 atom stereocenters. The van der Waals surface area contributed by atoms with Gasteiger partial charge in [0.15, 0.2) is 12.2 Å². The van der Waals surface area contributed by atoms with E-state index in [1.54, 1.807) is 0 Å². The molecule has 0 amide bonds. The lowest BCUT2D eigenvalue weighted by Crippen LogP contribution is -2.30. The first kappa shape index (κ1) is 94.1. The zero-order chi connectivity index (χ0) is 71.0. The standard InChI is InChI=1S/C77H150O17P2/c1-9-69(7)55-47-39-31-21-19-17-15-13-11-12-14-16-18-20-22-35-43-51-59-76(81)93-72(63-88-75(80)58-50-42-34-28-25-32-40-48-56-70(8)10-2)65-91-95(83,84)89-61-71(78)62-90-96(85,86)92-66-73(94-77(82)60-52-44-36-27-24-30-38-46-54-68(5)6)64-87-74(79)57-49-41-33-26-23-29-37-45-53-67(3)4/h67-73,78H,9-66H2,1-8H3,(H,83,84)(H,85,86)/t69?,70?,71?,72-,73-/m1/s1. The number of aliphatic hydroxyl groups excluding tert-OH is 1. The Hall–Kier alpha value is -1.94. The van der Waals surface area contributed by atoms with Crippen molar-refractivity contribution in [3.05, 3.63) is 0 Å². The molecule has 3 N–H and O–H groups in total. The highest BCUT2D eigenvalue weighted by atomic mass is 31.2. The Morgan fingerprint density at radius 3 is 0.740 bits per heavy atom. The number of aliphatic hydroxyl groups is 1. The Morgan fingerprint density at radius 2 is 0.500 bits per heavy atom. The van der Waals surface area contributed by atoms with Gasteiger partial charge in [-0.05, 0) is 49.4 Å². The van der Waals surface area contributed by atoms with E-state index in [2.05, 4.69) is 55.4 Å². The number of hydrogen-bond donors (Lipinski definition) is 3. The van der Waals surface area contributed by atoms with Gasteiger partial charge in [0.2, 0.25) is 0 Å². The zero-order valence-electron chi connectivity index (χ0n) is 63.0. The van der Waals surface area contributed by atoms with Crippen LogP contribution in [0.15, 0.2) is 0 Å². The van der Waals surface area contributed by atoms with Crippen LogP contribution in [0.4, 0.5) is 0 Å². The molecule has 0 aliphatic carbocycles. The number of rotatable bonds is 74. The zero-order valence-corrected chi connectivity index (χ0v) is 64.8. The SMILES string of the molecule is CCC(C)CCCCCCCCCCCCCCCCCCCCC(=O)O[C@H](COC(=O)CCCCCCCCCCC(C)CC)COP(=O)(O)OCC(O)COP(=O)(O)OC[C@@H](COC(=O)CCCCCCCCCCC(C)C)OC(=O)CCCCCCCCCCC(C)C. The number of hydrogen-bond acceptors (Lipinski definition) is 15. The minimum Gasteiger partial charge on any atom is -0.462 e. The molecule has 0 aromatic rings. The topological polar surface area (TPSA) is 237 Å². The van der Waals surface area contributed by atoms with E-state index in [1.165, 1.54) is 193 Å². The number of ether oxygens (including phenoxy) is 4. The molecular weight excluding hydrogens is 1260 g/mol. The molecule has 0 aliphatic heterocycles. The molecule has 0 bridgehead atoms. The van der Waals surface area contributed by atoms with Crippen LogP contribution in [-0.2, 0) is 65.4 Å². The predicted molar refractivity (Wildman–Crippen MR) is 391 cm³/mol. The van der Waals surface area contributed by atoms with E-state index in [1.807, 2.05) is 0 Å². The molecular formula is C77H150O17P2. The molecule has 570 valence electrons. The van der Waals surface area contributed by atoms with Crippen LogP contribution in [0.25, 0.3) is 0 Å². The van der Waals surface area contributed by atoms with Gasteiger partial charge in [-0.25, -0.2) is 9.13 Å². The number of phosphoric ester groups is 2. The average Bonchev–Trinajstić information content (AvgIpc) is 1.30. The van der Waals surface area contributed by atoms with Crippen LogP contribution >= 0.6 is 15.6 Å². The molecule has 0 spiro atoms. The van der Waals surface area contributed by atoms with Crippen LogP contribution in [0.5, 0.6) is 0 Å². The molecule has 0 saturated heterocycles. The van der Waals surface area contributed by atoms with Crippen molar-refractivity contribution in [2.75, 3.05) is 39.6 Å². The van der Waals surface area contributed by atoms with Crippen LogP contribution in [0.3, 0.4) is 0 Å². The summed E-state index contributed by atoms with van der Waals surface area (Å²) in [5, 5.41) is 10.6. The summed E-state index contributed by atoms with van der Waals surface area (Å²) in [6.07, 6.45) is 51.5. The van der Waals surface area contributed by atoms with Gasteiger partial charge in [-0.15, -0.1) is 0 Å². The highest BCUT2D eigenvalue weighted by Crippen LogP contribution is 2.45. The summed E-state index contributed by atoms with van der Waals surface area (Å²) < 4.78 is 68.5. The van der Waals surface area contributed by atoms with Crippen molar-refractivity contribution >= 4 is 39.5 Å². The summed E-state index contributed by atoms with van der Waals surface area (Å²) >= 11 is 0. The molecule has 0 aromatic carbocycles. The van der Waals surface area contributed by atoms with Crippen LogP contribution in [0, 0.1) is 23.7 Å². The fourth-order valence-corrected chi connectivity index (χ4v) is 13.2. The molecule has 0 aromatic heterocycles. The first-order chi connectivity index (χ1) is 46.2. The van der Waals surface area contributed by atoms with Gasteiger partial charge in [-0.1, -0.05) is 338 Å². The largest absolute Gasteiger partial charge is 0.472 e. The van der Waals surface area contributed by atoms with Gasteiger partial charge in [0.25, 0.3) is 0 Å². The Kier molecular flexibility index (Phi) is 65.0. The van der Waals surface area contributed by atoms with Gasteiger partial charge >= 0.3 is 39.5 Å². The van der Waals surface area contributed by atoms with Gasteiger partial charge in [0.1, 0.15) is 19.3 Å². The van der Waals surface area contributed by atoms with Gasteiger partial charge in [0, 0.05) is 25.7 Å². The van der Waals surface area contributed by atoms with Crippen LogP contribution in [0.1, 0.15) is 389 Å². The molecule has 0 saturated carbocycles. The fourth-order valence-electron chi connectivity index (χ4n) is 11.7. The summed E-state index contributed by atoms with van der Waals surface area (Å²) in [6, 6.07) is 0. The van der Waals surface area contributed by atoms with Crippen molar-refractivity contribution in [3.8, 4) is 0 Å². The Bertz CT molecular complexity index is 1890. The van der Waals surface area contributed by atoms with Gasteiger partial charge in [0.05, 0.1) is 26.4 Å². The average molecular weight is 1410 g/mol. The normalized spacial score (nSPS) is 14.7. The third-order valence-electron chi connectivity index (χ3n) is 18.5. The lowest BCUT2D eigenvalue weighted by Gasteiger charge is -2.21. The lowest BCUT2D eigenvalue weighted by molar-refractivity contribution is -0.161. The molecule has 0 radical (unpaired) electrons. The maximum Gasteiger partial charge on any atom is 0.472 e. The molecule has 19 heteroatoms. The number of esters is 4. The third-order valence-corrected chi connectivity index (χ3v) is 20.4. The lowest BCUT2D eigenvalue weighted by atomic mass is 9.99. The first-order valence-corrected chi connectivity index (χ1v) is 42.8. The second kappa shape index (κ2) is 66.3. The molecule has 0 rings (SSSR count). The highest BCUT2D eigenvalue weighted by molar-refractivity contribution is 7.47. The third kappa shape index (κ3) is 67.9. The Morgan fingerprint density at radius 1 is 0.292 bits per heavy atom. The van der Waals surface area contributed by atoms with E-state index < -0.39 is 97.5 Å². The van der Waals surface area contributed by atoms with Crippen LogP contribution in [-0.4, -0.2) is 96.7 Å². The Balaban J connectivity index is 5.19. The van der Waals surface area contributed by atoms with Crippen LogP contribution in [0.2, 0.25) is 0 Å². The van der Waals surface area contributed by atoms with Crippen LogP contribution < -0.4 is 0 Å². The van der Waals surface area contributed by atoms with Gasteiger partial charge in [-0.2, -0.15) is 0 Å². The summed E-state index contributed by atoms with van der Waals surface area (Å²) in [5.41, 5.74) is 0. The van der Waals surface area contributed by atoms with E-state index in [0.717, 1.165) is 114 Å². The molecule has 17 nitrogen and oxygen atoms in total. The summed E-state index contributed by atoms with van der Waals surface area (Å²) in [6.45, 7) is 14.2. The van der Waals surface area contributed by atoms with Crippen molar-refractivity contribution in [2.45, 2.75) is 408 Å². The summed E-state index contributed by atoms with van der Waals surface area (Å²) in [7, 11) is -9.91. The number of phosphoric acid groups is 2. The maximum atomic E-state index is 13.1. The minimum atomic E-state index is -4.96. The van der Waals surface area contributed by atoms with E-state index in [0.29, 0.717) is 25.7 Å². The van der Waals surface area contributed by atoms with E-state index in [4.69, 9.17) is 37.0 Å². The highest BCUT2D eigenvalue weighted by Gasteiger charge is 2.30. The summed E-state index contributed by atoms with van der Waals surface area (Å²) in [4.78, 5) is 72.8. The maximum absolute atomic E-state index is 13.1. The van der Waals surface area contributed by atoms with Crippen molar-refractivity contribution in [1.82, 2.24) is 0 Å². The fraction of sp³-hybridized carbons (Fsp3) is 0.948. The summed E-state index contributed by atoms with van der Waals surface area (Å²) in [5.74, 6) is 0.970.